The fraction of sp³-hybridized carbons (Fsp3) is 0.533. The predicted octanol–water partition coefficient (Wildman–Crippen LogP) is 2.36. The Balaban J connectivity index is 1.59. The van der Waals surface area contributed by atoms with Crippen LogP contribution in [0.1, 0.15) is 24.8 Å². The molecular weight excluding hydrogens is 258 g/mol. The van der Waals surface area contributed by atoms with Crippen LogP contribution in [0.3, 0.4) is 0 Å². The van der Waals surface area contributed by atoms with Crippen molar-refractivity contribution in [1.82, 2.24) is 5.32 Å². The number of carbonyl (C=O) groups is 1. The van der Waals surface area contributed by atoms with Gasteiger partial charge in [0.05, 0.1) is 6.10 Å². The van der Waals surface area contributed by atoms with Crippen LogP contribution in [0.2, 0.25) is 0 Å². The summed E-state index contributed by atoms with van der Waals surface area (Å²) < 4.78 is 0. The van der Waals surface area contributed by atoms with Crippen LogP contribution in [-0.4, -0.2) is 29.4 Å². The molecule has 3 nitrogen and oxygen atoms in total. The van der Waals surface area contributed by atoms with Gasteiger partial charge in [0.1, 0.15) is 0 Å². The third-order valence-electron chi connectivity index (χ3n) is 3.29. The number of hydrogen-bond donors (Lipinski definition) is 2. The van der Waals surface area contributed by atoms with Crippen molar-refractivity contribution in [3.05, 3.63) is 29.8 Å². The Morgan fingerprint density at radius 3 is 2.74 bits per heavy atom. The summed E-state index contributed by atoms with van der Waals surface area (Å²) in [5.41, 5.74) is 1.25. The van der Waals surface area contributed by atoms with Gasteiger partial charge in [0.25, 0.3) is 0 Å². The molecule has 2 N–H and O–H groups in total. The molecule has 1 unspecified atom stereocenters. The number of carbonyl (C=O) groups excluding carboxylic acids is 1. The summed E-state index contributed by atoms with van der Waals surface area (Å²) in [4.78, 5) is 12.8. The summed E-state index contributed by atoms with van der Waals surface area (Å²) in [6.45, 7) is 2.46. The second kappa shape index (κ2) is 6.96. The molecular formula is C15H21NO2S. The zero-order valence-corrected chi connectivity index (χ0v) is 12.1. The van der Waals surface area contributed by atoms with Gasteiger partial charge in [-0.05, 0) is 37.8 Å². The van der Waals surface area contributed by atoms with Gasteiger partial charge in [-0.3, -0.25) is 4.79 Å². The average molecular weight is 279 g/mol. The first-order valence-corrected chi connectivity index (χ1v) is 7.78. The van der Waals surface area contributed by atoms with Gasteiger partial charge in [-0.25, -0.2) is 0 Å². The monoisotopic (exact) mass is 279 g/mol. The maximum absolute atomic E-state index is 11.6. The normalized spacial score (nSPS) is 16.1. The molecule has 0 spiro atoms. The molecule has 1 aliphatic carbocycles. The number of thioether (sulfide) groups is 1. The van der Waals surface area contributed by atoms with Crippen LogP contribution < -0.4 is 5.32 Å². The Kier molecular flexibility index (Phi) is 5.28. The fourth-order valence-electron chi connectivity index (χ4n) is 1.85. The van der Waals surface area contributed by atoms with Crippen molar-refractivity contribution in [1.29, 1.82) is 0 Å². The first kappa shape index (κ1) is 14.4. The molecule has 1 aromatic carbocycles. The highest BCUT2D eigenvalue weighted by atomic mass is 32.2. The van der Waals surface area contributed by atoms with E-state index in [0.29, 0.717) is 18.9 Å². The molecule has 1 fully saturated rings. The number of rotatable bonds is 7. The first-order valence-electron chi connectivity index (χ1n) is 6.79. The van der Waals surface area contributed by atoms with Gasteiger partial charge < -0.3 is 10.4 Å². The molecule has 1 saturated carbocycles. The Morgan fingerprint density at radius 1 is 1.42 bits per heavy atom. The highest BCUT2D eigenvalue weighted by Crippen LogP contribution is 2.32. The van der Waals surface area contributed by atoms with Crippen molar-refractivity contribution in [2.24, 2.45) is 5.92 Å². The van der Waals surface area contributed by atoms with Gasteiger partial charge in [-0.1, -0.05) is 17.7 Å². The summed E-state index contributed by atoms with van der Waals surface area (Å²) in [5.74, 6) is 1.22. The third-order valence-corrected chi connectivity index (χ3v) is 4.31. The van der Waals surface area contributed by atoms with E-state index in [1.54, 1.807) is 11.8 Å². The molecule has 19 heavy (non-hydrogen) atoms. The van der Waals surface area contributed by atoms with E-state index in [1.165, 1.54) is 10.5 Å². The second-order valence-corrected chi connectivity index (χ2v) is 6.29. The van der Waals surface area contributed by atoms with Crippen molar-refractivity contribution in [3.8, 4) is 0 Å². The van der Waals surface area contributed by atoms with Crippen LogP contribution in [0.15, 0.2) is 29.2 Å². The zero-order valence-electron chi connectivity index (χ0n) is 11.3. The Bertz CT molecular complexity index is 415. The number of benzene rings is 1. The molecule has 1 aliphatic rings. The van der Waals surface area contributed by atoms with E-state index in [2.05, 4.69) is 36.5 Å². The Hall–Kier alpha value is -1.00. The lowest BCUT2D eigenvalue weighted by atomic mass is 10.2. The van der Waals surface area contributed by atoms with Crippen LogP contribution in [0.25, 0.3) is 0 Å². The maximum atomic E-state index is 11.6. The number of amides is 1. The van der Waals surface area contributed by atoms with Gasteiger partial charge in [0.15, 0.2) is 0 Å². The van der Waals surface area contributed by atoms with E-state index >= 15 is 0 Å². The molecule has 1 aromatic rings. The number of hydrogen-bond acceptors (Lipinski definition) is 3. The molecule has 2 rings (SSSR count). The van der Waals surface area contributed by atoms with E-state index in [4.69, 9.17) is 0 Å². The standard InChI is InChI=1S/C15H21NO2S/c1-11-2-6-13(7-3-11)19-9-8-15(18)16-10-14(17)12-4-5-12/h2-3,6-7,12,14,17H,4-5,8-10H2,1H3,(H,16,18). The smallest absolute Gasteiger partial charge is 0.220 e. The van der Waals surface area contributed by atoms with E-state index in [-0.39, 0.29) is 12.0 Å². The number of aliphatic hydroxyl groups is 1. The van der Waals surface area contributed by atoms with Crippen molar-refractivity contribution >= 4 is 17.7 Å². The minimum atomic E-state index is -0.353. The van der Waals surface area contributed by atoms with Gasteiger partial charge >= 0.3 is 0 Å². The first-order chi connectivity index (χ1) is 9.15. The SMILES string of the molecule is Cc1ccc(SCCC(=O)NCC(O)C2CC2)cc1. The van der Waals surface area contributed by atoms with E-state index in [0.717, 1.165) is 18.6 Å². The Morgan fingerprint density at radius 2 is 2.11 bits per heavy atom. The largest absolute Gasteiger partial charge is 0.391 e. The summed E-state index contributed by atoms with van der Waals surface area (Å²) >= 11 is 1.69. The highest BCUT2D eigenvalue weighted by Gasteiger charge is 2.29. The van der Waals surface area contributed by atoms with Crippen molar-refractivity contribution in [2.75, 3.05) is 12.3 Å². The molecule has 104 valence electrons. The van der Waals surface area contributed by atoms with Crippen LogP contribution in [0, 0.1) is 12.8 Å². The summed E-state index contributed by atoms with van der Waals surface area (Å²) in [5, 5.41) is 12.4. The second-order valence-electron chi connectivity index (χ2n) is 5.12. The van der Waals surface area contributed by atoms with Gasteiger partial charge in [0, 0.05) is 23.6 Å². The molecule has 4 heteroatoms. The predicted molar refractivity (Wildman–Crippen MR) is 78.3 cm³/mol. The van der Waals surface area contributed by atoms with E-state index in [1.807, 2.05) is 0 Å². The van der Waals surface area contributed by atoms with Crippen LogP contribution in [0.5, 0.6) is 0 Å². The minimum absolute atomic E-state index is 0.0271. The molecule has 0 aliphatic heterocycles. The molecule has 0 radical (unpaired) electrons. The van der Waals surface area contributed by atoms with E-state index in [9.17, 15) is 9.90 Å². The van der Waals surface area contributed by atoms with Gasteiger partial charge in [-0.15, -0.1) is 11.8 Å². The molecule has 0 aromatic heterocycles. The Labute approximate surface area is 118 Å². The van der Waals surface area contributed by atoms with Gasteiger partial charge in [-0.2, -0.15) is 0 Å². The number of nitrogens with one attached hydrogen (secondary N) is 1. The maximum Gasteiger partial charge on any atom is 0.220 e. The highest BCUT2D eigenvalue weighted by molar-refractivity contribution is 7.99. The quantitative estimate of drug-likeness (QED) is 0.753. The lowest BCUT2D eigenvalue weighted by Crippen LogP contribution is -2.33. The lowest BCUT2D eigenvalue weighted by Gasteiger charge is -2.10. The lowest BCUT2D eigenvalue weighted by molar-refractivity contribution is -0.121. The van der Waals surface area contributed by atoms with Crippen LogP contribution in [-0.2, 0) is 4.79 Å². The zero-order chi connectivity index (χ0) is 13.7. The van der Waals surface area contributed by atoms with E-state index < -0.39 is 0 Å². The van der Waals surface area contributed by atoms with Gasteiger partial charge in [0.2, 0.25) is 5.91 Å². The molecule has 1 atom stereocenters. The summed E-state index contributed by atoms with van der Waals surface area (Å²) in [6.07, 6.45) is 2.34. The van der Waals surface area contributed by atoms with Crippen LogP contribution >= 0.6 is 11.8 Å². The molecule has 0 heterocycles. The molecule has 0 bridgehead atoms. The molecule has 1 amide bonds. The fourth-order valence-corrected chi connectivity index (χ4v) is 2.70. The van der Waals surface area contributed by atoms with Crippen molar-refractivity contribution in [3.63, 3.8) is 0 Å². The van der Waals surface area contributed by atoms with Crippen LogP contribution in [0.4, 0.5) is 0 Å². The van der Waals surface area contributed by atoms with Crippen molar-refractivity contribution < 1.29 is 9.90 Å². The van der Waals surface area contributed by atoms with Crippen molar-refractivity contribution in [2.45, 2.75) is 37.2 Å². The average Bonchev–Trinajstić information content (AvgIpc) is 3.23. The number of aliphatic hydroxyl groups excluding tert-OH is 1. The topological polar surface area (TPSA) is 49.3 Å². The summed E-state index contributed by atoms with van der Waals surface area (Å²) in [6, 6.07) is 8.31. The minimum Gasteiger partial charge on any atom is -0.391 e. The third kappa shape index (κ3) is 5.25. The number of aryl methyl sites for hydroxylation is 1. The molecule has 0 saturated heterocycles. The summed E-state index contributed by atoms with van der Waals surface area (Å²) in [7, 11) is 0.